The molecule has 0 aromatic rings. The third kappa shape index (κ3) is 53.1. The molecule has 0 amide bonds. The fraction of sp³-hybridized carbons (Fsp3) is 0.944. The van der Waals surface area contributed by atoms with Gasteiger partial charge in [0.05, 0.1) is 0 Å². The summed E-state index contributed by atoms with van der Waals surface area (Å²) in [5.74, 6) is -1.81. The molecule has 0 atom stereocenters. The summed E-state index contributed by atoms with van der Waals surface area (Å²) in [6.07, 6.45) is 39.7. The predicted octanol–water partition coefficient (Wildman–Crippen LogP) is 9.23. The zero-order valence-electron chi connectivity index (χ0n) is 28.7. The monoisotopic (exact) mass is 614 g/mol. The Morgan fingerprint density at radius 3 is 0.595 bits per heavy atom. The summed E-state index contributed by atoms with van der Waals surface area (Å²) in [6.45, 7) is 4.53. The fourth-order valence-electron chi connectivity index (χ4n) is 5.28. The molecule has 240 valence electrons. The summed E-state index contributed by atoms with van der Waals surface area (Å²) in [4.78, 5) is 20.4. The minimum absolute atomic E-state index is 0. The summed E-state index contributed by atoms with van der Waals surface area (Å²) < 4.78 is 0. The van der Waals surface area contributed by atoms with Gasteiger partial charge in [-0.25, -0.2) is 0 Å². The number of carbonyl (C=O) groups is 2. The van der Waals surface area contributed by atoms with E-state index in [0.717, 1.165) is 25.7 Å². The summed E-state index contributed by atoms with van der Waals surface area (Å²) in [5.41, 5.74) is 0. The largest absolute Gasteiger partial charge is 2.00 e. The van der Waals surface area contributed by atoms with E-state index in [9.17, 15) is 19.8 Å². The topological polar surface area (TPSA) is 80.3 Å². The van der Waals surface area contributed by atoms with Crippen molar-refractivity contribution in [1.29, 1.82) is 0 Å². The molecule has 0 bridgehead atoms. The zero-order chi connectivity index (χ0) is 29.8. The molecule has 0 spiro atoms. The van der Waals surface area contributed by atoms with Crippen molar-refractivity contribution in [2.45, 2.75) is 219 Å². The van der Waals surface area contributed by atoms with Crippen molar-refractivity contribution < 1.29 is 19.8 Å². The quantitative estimate of drug-likeness (QED) is 0.0558. The number of rotatable bonds is 32. The Labute approximate surface area is 295 Å². The van der Waals surface area contributed by atoms with E-state index in [0.29, 0.717) is 0 Å². The third-order valence-corrected chi connectivity index (χ3v) is 7.97. The number of carboxylic acids is 2. The SMILES string of the molecule is CCCCCCCCCCCCCCCCCC(=O)[O-].CCCCCCCCCCCCCCCCCC(=O)[O-].[Mg+2].[Mg+2]. The molecular weight excluding hydrogens is 545 g/mol. The minimum Gasteiger partial charge on any atom is -0.550 e. The number of unbranched alkanes of at least 4 members (excludes halogenated alkanes) is 28. The van der Waals surface area contributed by atoms with Gasteiger partial charge in [-0.05, 0) is 25.7 Å². The van der Waals surface area contributed by atoms with Crippen LogP contribution in [0.3, 0.4) is 0 Å². The fourth-order valence-corrected chi connectivity index (χ4v) is 5.28. The van der Waals surface area contributed by atoms with E-state index in [1.807, 2.05) is 0 Å². The van der Waals surface area contributed by atoms with Gasteiger partial charge in [-0.3, -0.25) is 0 Å². The van der Waals surface area contributed by atoms with Gasteiger partial charge in [-0.1, -0.05) is 194 Å². The second-order valence-corrected chi connectivity index (χ2v) is 12.1. The second kappa shape index (κ2) is 45.9. The van der Waals surface area contributed by atoms with E-state index < -0.39 is 11.9 Å². The Balaban J connectivity index is -0.000000328. The third-order valence-electron chi connectivity index (χ3n) is 7.97. The molecule has 0 rings (SSSR count). The van der Waals surface area contributed by atoms with Crippen molar-refractivity contribution in [2.75, 3.05) is 0 Å². The minimum atomic E-state index is -0.903. The first-order chi connectivity index (χ1) is 19.5. The summed E-state index contributed by atoms with van der Waals surface area (Å²) in [5, 5.41) is 20.4. The van der Waals surface area contributed by atoms with Crippen LogP contribution in [0.1, 0.15) is 219 Å². The van der Waals surface area contributed by atoms with E-state index in [2.05, 4.69) is 13.8 Å². The summed E-state index contributed by atoms with van der Waals surface area (Å²) in [7, 11) is 0. The van der Waals surface area contributed by atoms with Gasteiger partial charge < -0.3 is 19.8 Å². The molecule has 0 aromatic heterocycles. The molecule has 4 nitrogen and oxygen atoms in total. The number of carbonyl (C=O) groups excluding carboxylic acids is 2. The molecule has 0 heterocycles. The van der Waals surface area contributed by atoms with Crippen LogP contribution in [0.15, 0.2) is 0 Å². The smallest absolute Gasteiger partial charge is 0.550 e. The van der Waals surface area contributed by atoms with Gasteiger partial charge in [-0.15, -0.1) is 0 Å². The number of aliphatic carboxylic acids is 2. The van der Waals surface area contributed by atoms with E-state index in [-0.39, 0.29) is 58.9 Å². The number of hydrogen-bond acceptors (Lipinski definition) is 4. The van der Waals surface area contributed by atoms with Crippen LogP contribution in [-0.2, 0) is 9.59 Å². The maximum Gasteiger partial charge on any atom is 2.00 e. The van der Waals surface area contributed by atoms with Gasteiger partial charge in [0.2, 0.25) is 0 Å². The molecular formula is C36H70Mg2O4+2. The Hall–Kier alpha value is 0.472. The van der Waals surface area contributed by atoms with E-state index in [1.54, 1.807) is 0 Å². The van der Waals surface area contributed by atoms with Gasteiger partial charge in [0.1, 0.15) is 0 Å². The van der Waals surface area contributed by atoms with Gasteiger partial charge in [0.25, 0.3) is 0 Å². The molecule has 42 heavy (non-hydrogen) atoms. The van der Waals surface area contributed by atoms with Crippen molar-refractivity contribution in [3.8, 4) is 0 Å². The average molecular weight is 616 g/mol. The first-order valence-corrected chi connectivity index (χ1v) is 17.9. The van der Waals surface area contributed by atoms with Crippen molar-refractivity contribution in [2.24, 2.45) is 0 Å². The maximum atomic E-state index is 10.2. The van der Waals surface area contributed by atoms with Crippen LogP contribution >= 0.6 is 0 Å². The van der Waals surface area contributed by atoms with Crippen LogP contribution in [0.4, 0.5) is 0 Å². The van der Waals surface area contributed by atoms with Gasteiger partial charge >= 0.3 is 46.1 Å². The Morgan fingerprint density at radius 1 is 0.310 bits per heavy atom. The van der Waals surface area contributed by atoms with Crippen LogP contribution in [0.25, 0.3) is 0 Å². The van der Waals surface area contributed by atoms with E-state index in [4.69, 9.17) is 0 Å². The number of hydrogen-bond donors (Lipinski definition) is 0. The molecule has 6 heteroatoms. The van der Waals surface area contributed by atoms with Crippen molar-refractivity contribution >= 4 is 58.0 Å². The van der Waals surface area contributed by atoms with E-state index >= 15 is 0 Å². The molecule has 0 radical (unpaired) electrons. The molecule has 0 saturated heterocycles. The van der Waals surface area contributed by atoms with Gasteiger partial charge in [0.15, 0.2) is 0 Å². The zero-order valence-corrected chi connectivity index (χ0v) is 31.5. The van der Waals surface area contributed by atoms with Crippen LogP contribution in [0.5, 0.6) is 0 Å². The Bertz CT molecular complexity index is 459. The first kappa shape index (κ1) is 49.4. The molecule has 0 N–H and O–H groups in total. The Morgan fingerprint density at radius 2 is 0.452 bits per heavy atom. The molecule has 0 aromatic carbocycles. The molecule has 0 aliphatic heterocycles. The normalized spacial score (nSPS) is 10.3. The molecule has 0 aliphatic carbocycles. The van der Waals surface area contributed by atoms with Crippen molar-refractivity contribution in [3.05, 3.63) is 0 Å². The Kier molecular flexibility index (Phi) is 53.9. The first-order valence-electron chi connectivity index (χ1n) is 17.9. The molecule has 0 fully saturated rings. The molecule has 0 saturated carbocycles. The maximum absolute atomic E-state index is 10.2. The van der Waals surface area contributed by atoms with Crippen molar-refractivity contribution in [3.63, 3.8) is 0 Å². The molecule has 0 unspecified atom stereocenters. The predicted molar refractivity (Wildman–Crippen MR) is 181 cm³/mol. The summed E-state index contributed by atoms with van der Waals surface area (Å²) in [6, 6.07) is 0. The van der Waals surface area contributed by atoms with Crippen LogP contribution in [-0.4, -0.2) is 58.0 Å². The van der Waals surface area contributed by atoms with E-state index in [1.165, 1.54) is 167 Å². The van der Waals surface area contributed by atoms with Crippen LogP contribution in [0, 0.1) is 0 Å². The second-order valence-electron chi connectivity index (χ2n) is 12.1. The van der Waals surface area contributed by atoms with Crippen LogP contribution < -0.4 is 10.2 Å². The standard InChI is InChI=1S/2C18H36O2.2Mg/c2*1-2-3-4-5-6-7-8-9-10-11-12-13-14-15-16-17-18(19)20;;/h2*2-17H2,1H3,(H,19,20);;/q;;2*+2/p-2. The number of carboxylic acid groups (broad SMARTS) is 2. The van der Waals surface area contributed by atoms with Gasteiger partial charge in [0, 0.05) is 11.9 Å². The van der Waals surface area contributed by atoms with Gasteiger partial charge in [-0.2, -0.15) is 0 Å². The van der Waals surface area contributed by atoms with Crippen LogP contribution in [0.2, 0.25) is 0 Å². The molecule has 0 aliphatic rings. The summed E-state index contributed by atoms with van der Waals surface area (Å²) >= 11 is 0. The van der Waals surface area contributed by atoms with Crippen molar-refractivity contribution in [1.82, 2.24) is 0 Å². The average Bonchev–Trinajstić information content (AvgIpc) is 2.93.